The number of hydrogen-bond acceptors (Lipinski definition) is 6. The predicted molar refractivity (Wildman–Crippen MR) is 131 cm³/mol. The Labute approximate surface area is 211 Å². The van der Waals surface area contributed by atoms with Gasteiger partial charge in [0.1, 0.15) is 17.6 Å². The van der Waals surface area contributed by atoms with Crippen molar-refractivity contribution in [3.63, 3.8) is 0 Å². The largest absolute Gasteiger partial charge is 0.414 e. The number of halogens is 4. The summed E-state index contributed by atoms with van der Waals surface area (Å²) < 4.78 is 56.1. The van der Waals surface area contributed by atoms with Gasteiger partial charge in [-0.3, -0.25) is 14.5 Å². The summed E-state index contributed by atoms with van der Waals surface area (Å²) in [5.74, 6) is -4.10. The van der Waals surface area contributed by atoms with Crippen LogP contribution in [0.4, 0.5) is 28.9 Å². The predicted octanol–water partition coefficient (Wildman–Crippen LogP) is 3.77. The van der Waals surface area contributed by atoms with Gasteiger partial charge in [0.15, 0.2) is 0 Å². The average molecular weight is 519 g/mol. The van der Waals surface area contributed by atoms with Crippen LogP contribution in [0.5, 0.6) is 0 Å². The third kappa shape index (κ3) is 5.53. The minimum absolute atomic E-state index is 0.0772. The number of rotatable bonds is 4. The van der Waals surface area contributed by atoms with Crippen molar-refractivity contribution in [1.82, 2.24) is 14.9 Å². The van der Waals surface area contributed by atoms with Crippen LogP contribution >= 0.6 is 0 Å². The van der Waals surface area contributed by atoms with E-state index in [1.807, 2.05) is 25.8 Å². The summed E-state index contributed by atoms with van der Waals surface area (Å²) in [5, 5.41) is 2.54. The molecule has 4 rings (SSSR count). The number of hydrogen-bond donors (Lipinski definition) is 1. The van der Waals surface area contributed by atoms with Crippen LogP contribution in [0, 0.1) is 18.7 Å². The van der Waals surface area contributed by atoms with Crippen molar-refractivity contribution in [2.24, 2.45) is 10.9 Å². The molecule has 12 heteroatoms. The Kier molecular flexibility index (Phi) is 7.13. The molecular formula is C25H26F4N6O2. The lowest BCUT2D eigenvalue weighted by Gasteiger charge is -2.44. The maximum Gasteiger partial charge on any atom is 0.414 e. The Morgan fingerprint density at radius 2 is 1.73 bits per heavy atom. The zero-order chi connectivity index (χ0) is 27.1. The number of likely N-dealkylation sites (N-methyl/N-ethyl adjacent to an activating group) is 1. The molecule has 2 aliphatic heterocycles. The minimum atomic E-state index is -4.91. The first-order valence-electron chi connectivity index (χ1n) is 11.6. The molecule has 1 unspecified atom stereocenters. The van der Waals surface area contributed by atoms with Crippen molar-refractivity contribution in [3.8, 4) is 11.1 Å². The first kappa shape index (κ1) is 26.4. The lowest BCUT2D eigenvalue weighted by molar-refractivity contribution is -0.124. The molecule has 1 fully saturated rings. The topological polar surface area (TPSA) is 90.8 Å². The third-order valence-corrected chi connectivity index (χ3v) is 6.71. The van der Waals surface area contributed by atoms with Crippen LogP contribution in [0.3, 0.4) is 0 Å². The van der Waals surface area contributed by atoms with Gasteiger partial charge in [-0.15, -0.1) is 0 Å². The Morgan fingerprint density at radius 3 is 2.32 bits per heavy atom. The summed E-state index contributed by atoms with van der Waals surface area (Å²) >= 11 is 0. The average Bonchev–Trinajstić information content (AvgIpc) is 2.83. The van der Waals surface area contributed by atoms with Gasteiger partial charge in [0, 0.05) is 61.0 Å². The van der Waals surface area contributed by atoms with Crippen LogP contribution in [-0.4, -0.2) is 71.3 Å². The van der Waals surface area contributed by atoms with Gasteiger partial charge < -0.3 is 10.2 Å². The number of nitrogens with zero attached hydrogens (tertiary/aromatic N) is 5. The van der Waals surface area contributed by atoms with Crippen LogP contribution < -0.4 is 10.2 Å². The fourth-order valence-electron chi connectivity index (χ4n) is 4.44. The zero-order valence-corrected chi connectivity index (χ0v) is 20.7. The number of alkyl halides is 3. The fraction of sp³-hybridized carbons (Fsp3) is 0.400. The first-order valence-corrected chi connectivity index (χ1v) is 11.6. The van der Waals surface area contributed by atoms with E-state index in [0.29, 0.717) is 42.5 Å². The van der Waals surface area contributed by atoms with Crippen LogP contribution in [0.1, 0.15) is 19.7 Å². The van der Waals surface area contributed by atoms with E-state index in [-0.39, 0.29) is 23.3 Å². The molecule has 37 heavy (non-hydrogen) atoms. The molecule has 1 aromatic carbocycles. The highest BCUT2D eigenvalue weighted by atomic mass is 19.4. The van der Waals surface area contributed by atoms with Crippen molar-refractivity contribution < 1.29 is 27.2 Å². The highest BCUT2D eigenvalue weighted by Crippen LogP contribution is 2.37. The number of piperazine rings is 1. The Morgan fingerprint density at radius 1 is 1.11 bits per heavy atom. The maximum atomic E-state index is 15.4. The van der Waals surface area contributed by atoms with Crippen molar-refractivity contribution in [3.05, 3.63) is 47.8 Å². The number of benzene rings is 1. The maximum absolute atomic E-state index is 15.4. The van der Waals surface area contributed by atoms with Crippen LogP contribution in [0.15, 0.2) is 41.2 Å². The summed E-state index contributed by atoms with van der Waals surface area (Å²) in [6.45, 7) is 6.69. The molecule has 196 valence electrons. The number of anilines is 2. The molecule has 0 radical (unpaired) electrons. The van der Waals surface area contributed by atoms with Crippen LogP contribution in [0.25, 0.3) is 11.1 Å². The minimum Gasteiger partial charge on any atom is -0.367 e. The number of carbonyl (C=O) groups is 2. The van der Waals surface area contributed by atoms with Crippen LogP contribution in [-0.2, 0) is 9.59 Å². The van der Waals surface area contributed by atoms with E-state index in [2.05, 4.69) is 25.2 Å². The van der Waals surface area contributed by atoms with Gasteiger partial charge in [0.2, 0.25) is 5.91 Å². The van der Waals surface area contributed by atoms with E-state index in [4.69, 9.17) is 0 Å². The molecule has 0 spiro atoms. The van der Waals surface area contributed by atoms with Gasteiger partial charge in [-0.05, 0) is 40.0 Å². The number of dihydropyridines is 1. The van der Waals surface area contributed by atoms with Crippen molar-refractivity contribution in [2.75, 3.05) is 30.4 Å². The standard InChI is InChI=1S/C25H26F4N6O2/c1-13-11-35(12-14(2)34(13)4)22-7-20(26)17(16-8-30-15(3)31-9-16)5-21(22)33-24(37)18-10-32-23(36)6-19(18)25(27,28)29/h5-10,13-14,18H,11-12H2,1-4H3,(H,33,37)/t13-,14+,18?. The number of aromatic nitrogens is 2. The van der Waals surface area contributed by atoms with Gasteiger partial charge in [-0.25, -0.2) is 19.4 Å². The van der Waals surface area contributed by atoms with Crippen molar-refractivity contribution in [1.29, 1.82) is 0 Å². The second kappa shape index (κ2) is 10.0. The Balaban J connectivity index is 1.76. The second-order valence-electron chi connectivity index (χ2n) is 9.32. The number of aryl methyl sites for hydroxylation is 1. The summed E-state index contributed by atoms with van der Waals surface area (Å²) in [6.07, 6.45) is -1.07. The molecule has 2 aromatic rings. The molecule has 3 heterocycles. The summed E-state index contributed by atoms with van der Waals surface area (Å²) in [5.41, 5.74) is -0.449. The molecule has 0 aliphatic carbocycles. The van der Waals surface area contributed by atoms with Gasteiger partial charge >= 0.3 is 6.18 Å². The second-order valence-corrected chi connectivity index (χ2v) is 9.32. The molecule has 1 N–H and O–H groups in total. The normalized spacial score (nSPS) is 22.7. The molecule has 8 nitrogen and oxygen atoms in total. The Hall–Kier alpha value is -3.67. The first-order chi connectivity index (χ1) is 17.3. The van der Waals surface area contributed by atoms with E-state index in [9.17, 15) is 22.8 Å². The summed E-state index contributed by atoms with van der Waals surface area (Å²) in [4.78, 5) is 40.2. The third-order valence-electron chi connectivity index (χ3n) is 6.71. The van der Waals surface area contributed by atoms with Crippen LogP contribution in [0.2, 0.25) is 0 Å². The highest BCUT2D eigenvalue weighted by molar-refractivity contribution is 6.11. The van der Waals surface area contributed by atoms with E-state index >= 15 is 4.39 Å². The number of aliphatic imine (C=N–C) groups is 1. The molecule has 1 aromatic heterocycles. The fourth-order valence-corrected chi connectivity index (χ4v) is 4.44. The van der Waals surface area contributed by atoms with E-state index in [1.165, 1.54) is 24.5 Å². The molecule has 2 aliphatic rings. The van der Waals surface area contributed by atoms with Gasteiger partial charge in [-0.1, -0.05) is 0 Å². The molecule has 1 saturated heterocycles. The SMILES string of the molecule is Cc1ncc(-c2cc(NC(=O)C3C=NC(=O)C=C3C(F)(F)F)c(N3C[C@@H](C)N(C)[C@@H](C)C3)cc2F)cn1. The summed E-state index contributed by atoms with van der Waals surface area (Å²) in [6, 6.07) is 2.81. The van der Waals surface area contributed by atoms with Crippen molar-refractivity contribution in [2.45, 2.75) is 39.0 Å². The number of nitrogens with one attached hydrogen (secondary N) is 1. The number of carbonyl (C=O) groups excluding carboxylic acids is 2. The lowest BCUT2D eigenvalue weighted by atomic mass is 9.95. The molecule has 0 saturated carbocycles. The Bertz CT molecular complexity index is 1260. The molecule has 2 amide bonds. The quantitative estimate of drug-likeness (QED) is 0.620. The lowest BCUT2D eigenvalue weighted by Crippen LogP contribution is -2.55. The van der Waals surface area contributed by atoms with Crippen molar-refractivity contribution >= 4 is 29.4 Å². The van der Waals surface area contributed by atoms with E-state index < -0.39 is 35.3 Å². The smallest absolute Gasteiger partial charge is 0.367 e. The van der Waals surface area contributed by atoms with E-state index in [1.54, 1.807) is 6.92 Å². The monoisotopic (exact) mass is 518 g/mol. The van der Waals surface area contributed by atoms with Gasteiger partial charge in [-0.2, -0.15) is 13.2 Å². The highest BCUT2D eigenvalue weighted by Gasteiger charge is 2.43. The molecular weight excluding hydrogens is 492 g/mol. The molecule has 3 atom stereocenters. The van der Waals surface area contributed by atoms with Gasteiger partial charge in [0.25, 0.3) is 5.91 Å². The molecule has 0 bridgehead atoms. The summed E-state index contributed by atoms with van der Waals surface area (Å²) in [7, 11) is 1.98. The van der Waals surface area contributed by atoms with E-state index in [0.717, 1.165) is 0 Å². The van der Waals surface area contributed by atoms with Gasteiger partial charge in [0.05, 0.1) is 16.9 Å². The number of amides is 2. The zero-order valence-electron chi connectivity index (χ0n) is 20.7.